The summed E-state index contributed by atoms with van der Waals surface area (Å²) in [6, 6.07) is -0.554. The van der Waals surface area contributed by atoms with E-state index in [4.69, 9.17) is 4.74 Å². The standard InChI is InChI=1S/C53H103NO5/c1-3-5-7-9-11-13-15-17-18-19-20-21-23-27-31-35-39-43-47-53(58)59-48-44-40-36-32-28-24-26-30-34-38-42-46-52(57)54-50(49-55)51(56)45-41-37-33-29-25-22-16-14-12-10-8-6-4-2/h18-19,50-51,55-56H,3-17,20-49H2,1-2H3,(H,54,57)/b19-18-. The van der Waals surface area contributed by atoms with E-state index in [9.17, 15) is 19.8 Å². The van der Waals surface area contributed by atoms with Crippen LogP contribution in [0.3, 0.4) is 0 Å². The van der Waals surface area contributed by atoms with Crippen LogP contribution in [0.5, 0.6) is 0 Å². The van der Waals surface area contributed by atoms with Crippen molar-refractivity contribution in [3.63, 3.8) is 0 Å². The van der Waals surface area contributed by atoms with Gasteiger partial charge in [-0.15, -0.1) is 0 Å². The molecule has 0 aliphatic carbocycles. The number of hydrogen-bond donors (Lipinski definition) is 3. The van der Waals surface area contributed by atoms with Gasteiger partial charge < -0.3 is 20.3 Å². The first-order chi connectivity index (χ1) is 29.0. The Labute approximate surface area is 368 Å². The first kappa shape index (κ1) is 57.6. The fourth-order valence-electron chi connectivity index (χ4n) is 8.22. The lowest BCUT2D eigenvalue weighted by Gasteiger charge is -2.22. The Bertz CT molecular complexity index is 878. The summed E-state index contributed by atoms with van der Waals surface area (Å²) in [5.41, 5.74) is 0. The van der Waals surface area contributed by atoms with Crippen LogP contribution in [-0.2, 0) is 14.3 Å². The zero-order chi connectivity index (χ0) is 43.0. The number of aliphatic hydroxyl groups excluding tert-OH is 2. The van der Waals surface area contributed by atoms with E-state index in [2.05, 4.69) is 31.3 Å². The van der Waals surface area contributed by atoms with Crippen LogP contribution >= 0.6 is 0 Å². The second kappa shape index (κ2) is 49.3. The van der Waals surface area contributed by atoms with Crippen molar-refractivity contribution >= 4 is 11.9 Å². The van der Waals surface area contributed by atoms with Crippen LogP contribution in [0.1, 0.15) is 290 Å². The summed E-state index contributed by atoms with van der Waals surface area (Å²) in [5, 5.41) is 23.2. The molecule has 0 heterocycles. The van der Waals surface area contributed by atoms with E-state index in [1.165, 1.54) is 199 Å². The Morgan fingerprint density at radius 2 is 0.797 bits per heavy atom. The molecular weight excluding hydrogens is 731 g/mol. The van der Waals surface area contributed by atoms with E-state index in [1.54, 1.807) is 0 Å². The van der Waals surface area contributed by atoms with Gasteiger partial charge in [-0.2, -0.15) is 0 Å². The van der Waals surface area contributed by atoms with Gasteiger partial charge in [0.25, 0.3) is 0 Å². The first-order valence-corrected chi connectivity index (χ1v) is 26.4. The molecular formula is C53H103NO5. The molecule has 3 N–H and O–H groups in total. The second-order valence-corrected chi connectivity index (χ2v) is 18.2. The van der Waals surface area contributed by atoms with Gasteiger partial charge in [-0.25, -0.2) is 0 Å². The number of esters is 1. The fraction of sp³-hybridized carbons (Fsp3) is 0.925. The van der Waals surface area contributed by atoms with Gasteiger partial charge in [0.2, 0.25) is 5.91 Å². The van der Waals surface area contributed by atoms with Crippen molar-refractivity contribution in [1.29, 1.82) is 0 Å². The highest BCUT2D eigenvalue weighted by Crippen LogP contribution is 2.16. The summed E-state index contributed by atoms with van der Waals surface area (Å²) in [6.07, 6.45) is 56.1. The number of allylic oxidation sites excluding steroid dienone is 2. The minimum absolute atomic E-state index is 0.0162. The van der Waals surface area contributed by atoms with Crippen LogP contribution in [0.15, 0.2) is 12.2 Å². The second-order valence-electron chi connectivity index (χ2n) is 18.2. The van der Waals surface area contributed by atoms with E-state index in [0.29, 0.717) is 25.9 Å². The van der Waals surface area contributed by atoms with Gasteiger partial charge in [0.05, 0.1) is 25.4 Å². The number of carbonyl (C=O) groups is 2. The Balaban J connectivity index is 3.44. The third-order valence-electron chi connectivity index (χ3n) is 12.3. The van der Waals surface area contributed by atoms with E-state index >= 15 is 0 Å². The highest BCUT2D eigenvalue weighted by atomic mass is 16.5. The minimum Gasteiger partial charge on any atom is -0.466 e. The smallest absolute Gasteiger partial charge is 0.305 e. The molecule has 0 radical (unpaired) electrons. The van der Waals surface area contributed by atoms with Gasteiger partial charge in [0.15, 0.2) is 0 Å². The molecule has 2 unspecified atom stereocenters. The Hall–Kier alpha value is -1.40. The molecule has 0 saturated carbocycles. The van der Waals surface area contributed by atoms with Crippen molar-refractivity contribution in [2.45, 2.75) is 302 Å². The number of rotatable bonds is 49. The monoisotopic (exact) mass is 834 g/mol. The zero-order valence-corrected chi connectivity index (χ0v) is 39.7. The highest BCUT2D eigenvalue weighted by Gasteiger charge is 2.20. The molecule has 0 aromatic heterocycles. The molecule has 0 bridgehead atoms. The maximum absolute atomic E-state index is 12.4. The number of ether oxygens (including phenoxy) is 1. The van der Waals surface area contributed by atoms with Crippen molar-refractivity contribution in [1.82, 2.24) is 5.32 Å². The van der Waals surface area contributed by atoms with Crippen molar-refractivity contribution < 1.29 is 24.5 Å². The largest absolute Gasteiger partial charge is 0.466 e. The zero-order valence-electron chi connectivity index (χ0n) is 39.7. The van der Waals surface area contributed by atoms with Gasteiger partial charge in [-0.1, -0.05) is 238 Å². The number of nitrogens with one attached hydrogen (secondary N) is 1. The number of aliphatic hydroxyl groups is 2. The van der Waals surface area contributed by atoms with Gasteiger partial charge in [-0.05, 0) is 51.4 Å². The number of carbonyl (C=O) groups excluding carboxylic acids is 2. The lowest BCUT2D eigenvalue weighted by Crippen LogP contribution is -2.45. The predicted molar refractivity (Wildman–Crippen MR) is 255 cm³/mol. The summed E-state index contributed by atoms with van der Waals surface area (Å²) in [5.74, 6) is -0.0695. The summed E-state index contributed by atoms with van der Waals surface area (Å²) < 4.78 is 5.47. The average Bonchev–Trinajstić information content (AvgIpc) is 3.24. The Morgan fingerprint density at radius 3 is 1.20 bits per heavy atom. The lowest BCUT2D eigenvalue weighted by molar-refractivity contribution is -0.143. The lowest BCUT2D eigenvalue weighted by atomic mass is 10.0. The summed E-state index contributed by atoms with van der Waals surface area (Å²) >= 11 is 0. The van der Waals surface area contributed by atoms with Crippen molar-refractivity contribution in [3.05, 3.63) is 12.2 Å². The molecule has 6 nitrogen and oxygen atoms in total. The molecule has 0 aliphatic rings. The summed E-state index contributed by atoms with van der Waals surface area (Å²) in [4.78, 5) is 24.5. The topological polar surface area (TPSA) is 95.9 Å². The van der Waals surface area contributed by atoms with Crippen molar-refractivity contribution in [2.75, 3.05) is 13.2 Å². The molecule has 0 fully saturated rings. The molecule has 0 aliphatic heterocycles. The van der Waals surface area contributed by atoms with Gasteiger partial charge >= 0.3 is 5.97 Å². The van der Waals surface area contributed by atoms with Gasteiger partial charge in [0, 0.05) is 12.8 Å². The van der Waals surface area contributed by atoms with E-state index in [-0.39, 0.29) is 18.5 Å². The molecule has 350 valence electrons. The minimum atomic E-state index is -0.675. The molecule has 1 amide bonds. The molecule has 0 saturated heterocycles. The van der Waals surface area contributed by atoms with Crippen LogP contribution in [0, 0.1) is 0 Å². The molecule has 0 rings (SSSR count). The quantitative estimate of drug-likeness (QED) is 0.0322. The van der Waals surface area contributed by atoms with Crippen LogP contribution in [0.25, 0.3) is 0 Å². The molecule has 59 heavy (non-hydrogen) atoms. The Kier molecular flexibility index (Phi) is 48.1. The van der Waals surface area contributed by atoms with E-state index in [0.717, 1.165) is 57.8 Å². The van der Waals surface area contributed by atoms with E-state index < -0.39 is 12.1 Å². The maximum atomic E-state index is 12.4. The summed E-state index contributed by atoms with van der Waals surface area (Å²) in [7, 11) is 0. The predicted octanol–water partition coefficient (Wildman–Crippen LogP) is 15.7. The number of amides is 1. The van der Waals surface area contributed by atoms with Crippen molar-refractivity contribution in [3.8, 4) is 0 Å². The fourth-order valence-corrected chi connectivity index (χ4v) is 8.22. The third-order valence-corrected chi connectivity index (χ3v) is 12.3. The normalized spacial score (nSPS) is 12.7. The van der Waals surface area contributed by atoms with Crippen LogP contribution in [-0.4, -0.2) is 47.4 Å². The van der Waals surface area contributed by atoms with Crippen LogP contribution in [0.2, 0.25) is 0 Å². The average molecular weight is 834 g/mol. The highest BCUT2D eigenvalue weighted by molar-refractivity contribution is 5.76. The molecule has 0 aromatic carbocycles. The summed E-state index contributed by atoms with van der Waals surface area (Å²) in [6.45, 7) is 4.91. The Morgan fingerprint density at radius 1 is 0.458 bits per heavy atom. The number of unbranched alkanes of at least 4 members (excludes halogenated alkanes) is 36. The van der Waals surface area contributed by atoms with Gasteiger partial charge in [-0.3, -0.25) is 9.59 Å². The van der Waals surface area contributed by atoms with E-state index in [1.807, 2.05) is 0 Å². The molecule has 6 heteroatoms. The first-order valence-electron chi connectivity index (χ1n) is 26.4. The SMILES string of the molecule is CCCCCCCCC/C=C\CCCCCCCCCC(=O)OCCCCCCCCCCCCCC(=O)NC(CO)C(O)CCCCCCCCCCCCCCC. The molecule has 0 aromatic rings. The van der Waals surface area contributed by atoms with Gasteiger partial charge in [0.1, 0.15) is 0 Å². The van der Waals surface area contributed by atoms with Crippen molar-refractivity contribution in [2.24, 2.45) is 0 Å². The third kappa shape index (κ3) is 45.9. The van der Waals surface area contributed by atoms with Crippen LogP contribution < -0.4 is 5.32 Å². The maximum Gasteiger partial charge on any atom is 0.305 e. The van der Waals surface area contributed by atoms with Crippen LogP contribution in [0.4, 0.5) is 0 Å². The number of hydrogen-bond acceptors (Lipinski definition) is 5. The molecule has 2 atom stereocenters. The molecule has 0 spiro atoms.